The third kappa shape index (κ3) is 4.04. The van der Waals surface area contributed by atoms with Crippen LogP contribution >= 0.6 is 0 Å². The van der Waals surface area contributed by atoms with Crippen LogP contribution in [0.5, 0.6) is 0 Å². The van der Waals surface area contributed by atoms with E-state index in [9.17, 15) is 8.42 Å². The fraction of sp³-hybridized carbons (Fsp3) is 0.417. The molecule has 1 aromatic carbocycles. The maximum atomic E-state index is 11.0. The van der Waals surface area contributed by atoms with Crippen LogP contribution in [-0.2, 0) is 21.0 Å². The molecule has 0 fully saturated rings. The van der Waals surface area contributed by atoms with Gasteiger partial charge in [-0.3, -0.25) is 0 Å². The van der Waals surface area contributed by atoms with E-state index in [1.165, 1.54) is 5.56 Å². The Kier molecular flexibility index (Phi) is 3.24. The summed E-state index contributed by atoms with van der Waals surface area (Å²) >= 11 is 0. The SMILES string of the molecule is [CH2]S(=O)(=O)Cc1ccc(C(C)(C)C)cc1. The summed E-state index contributed by atoms with van der Waals surface area (Å²) in [7, 11) is -3.18. The first-order valence-electron chi connectivity index (χ1n) is 4.84. The first-order valence-corrected chi connectivity index (χ1v) is 6.66. The summed E-state index contributed by atoms with van der Waals surface area (Å²) in [5.41, 5.74) is 2.09. The number of hydrogen-bond acceptors (Lipinski definition) is 2. The topological polar surface area (TPSA) is 34.1 Å². The predicted molar refractivity (Wildman–Crippen MR) is 63.1 cm³/mol. The second-order valence-electron chi connectivity index (χ2n) is 4.83. The van der Waals surface area contributed by atoms with Gasteiger partial charge in [0, 0.05) is 0 Å². The lowest BCUT2D eigenvalue weighted by atomic mass is 9.87. The van der Waals surface area contributed by atoms with Crippen LogP contribution in [0.4, 0.5) is 0 Å². The van der Waals surface area contributed by atoms with Gasteiger partial charge < -0.3 is 0 Å². The molecule has 0 heterocycles. The molecule has 0 unspecified atom stereocenters. The van der Waals surface area contributed by atoms with Gasteiger partial charge in [-0.15, -0.1) is 0 Å². The highest BCUT2D eigenvalue weighted by Gasteiger charge is 2.13. The van der Waals surface area contributed by atoms with Gasteiger partial charge in [-0.05, 0) is 16.5 Å². The quantitative estimate of drug-likeness (QED) is 0.775. The molecule has 0 amide bonds. The van der Waals surface area contributed by atoms with Gasteiger partial charge in [0.1, 0.15) is 0 Å². The van der Waals surface area contributed by atoms with Gasteiger partial charge in [0.15, 0.2) is 9.84 Å². The van der Waals surface area contributed by atoms with E-state index < -0.39 is 9.84 Å². The molecule has 1 rings (SSSR count). The molecule has 0 saturated heterocycles. The van der Waals surface area contributed by atoms with Crippen LogP contribution in [0, 0.1) is 6.26 Å². The smallest absolute Gasteiger partial charge is 0.155 e. The molecule has 1 radical (unpaired) electrons. The first-order chi connectivity index (χ1) is 6.68. The van der Waals surface area contributed by atoms with Crippen molar-refractivity contribution in [2.24, 2.45) is 0 Å². The minimum atomic E-state index is -3.18. The van der Waals surface area contributed by atoms with Crippen molar-refractivity contribution in [1.29, 1.82) is 0 Å². The summed E-state index contributed by atoms with van der Waals surface area (Å²) in [6.45, 7) is 6.38. The van der Waals surface area contributed by atoms with E-state index in [-0.39, 0.29) is 11.2 Å². The average molecular weight is 225 g/mol. The fourth-order valence-electron chi connectivity index (χ4n) is 1.35. The molecule has 0 aromatic heterocycles. The molecular formula is C12H17O2S. The summed E-state index contributed by atoms with van der Waals surface area (Å²) in [6.07, 6.45) is 3.11. The molecule has 0 aliphatic carbocycles. The maximum Gasteiger partial charge on any atom is 0.155 e. The first kappa shape index (κ1) is 12.2. The molecule has 15 heavy (non-hydrogen) atoms. The van der Waals surface area contributed by atoms with E-state index >= 15 is 0 Å². The zero-order valence-electron chi connectivity index (χ0n) is 9.45. The van der Waals surface area contributed by atoms with E-state index in [0.29, 0.717) is 0 Å². The molecule has 83 valence electrons. The van der Waals surface area contributed by atoms with Gasteiger partial charge in [0.25, 0.3) is 0 Å². The Bertz CT molecular complexity index is 422. The minimum absolute atomic E-state index is 0.0113. The molecule has 2 nitrogen and oxygen atoms in total. The predicted octanol–water partition coefficient (Wildman–Crippen LogP) is 2.69. The van der Waals surface area contributed by atoms with E-state index in [1.807, 2.05) is 24.3 Å². The summed E-state index contributed by atoms with van der Waals surface area (Å²) in [5.74, 6) is 0.0113. The third-order valence-corrected chi connectivity index (χ3v) is 2.98. The second kappa shape index (κ2) is 3.97. The van der Waals surface area contributed by atoms with E-state index in [2.05, 4.69) is 27.0 Å². The van der Waals surface area contributed by atoms with Crippen LogP contribution in [0.1, 0.15) is 31.9 Å². The van der Waals surface area contributed by atoms with Crippen molar-refractivity contribution in [3.8, 4) is 0 Å². The summed E-state index contributed by atoms with van der Waals surface area (Å²) in [6, 6.07) is 7.65. The monoisotopic (exact) mass is 225 g/mol. The van der Waals surface area contributed by atoms with Gasteiger partial charge in [-0.1, -0.05) is 45.0 Å². The van der Waals surface area contributed by atoms with Crippen molar-refractivity contribution in [2.45, 2.75) is 31.9 Å². The second-order valence-corrected chi connectivity index (χ2v) is 6.61. The lowest BCUT2D eigenvalue weighted by Gasteiger charge is -2.19. The highest BCUT2D eigenvalue weighted by Crippen LogP contribution is 2.22. The van der Waals surface area contributed by atoms with Gasteiger partial charge in [0.2, 0.25) is 0 Å². The average Bonchev–Trinajstić information content (AvgIpc) is 2.00. The van der Waals surface area contributed by atoms with Gasteiger partial charge >= 0.3 is 0 Å². The molecule has 3 heteroatoms. The van der Waals surface area contributed by atoms with Crippen LogP contribution in [0.25, 0.3) is 0 Å². The molecule has 0 atom stereocenters. The zero-order chi connectivity index (χ0) is 11.7. The lowest BCUT2D eigenvalue weighted by Crippen LogP contribution is -2.10. The van der Waals surface area contributed by atoms with Crippen molar-refractivity contribution in [1.82, 2.24) is 0 Å². The Morgan fingerprint density at radius 1 is 1.13 bits per heavy atom. The van der Waals surface area contributed by atoms with E-state index in [4.69, 9.17) is 0 Å². The molecule has 0 N–H and O–H groups in total. The Hall–Kier alpha value is -0.830. The molecule has 1 aromatic rings. The molecule has 0 saturated carbocycles. The van der Waals surface area contributed by atoms with E-state index in [1.54, 1.807) is 0 Å². The van der Waals surface area contributed by atoms with Gasteiger partial charge in [-0.2, -0.15) is 0 Å². The van der Waals surface area contributed by atoms with Gasteiger partial charge in [0.05, 0.1) is 12.0 Å². The van der Waals surface area contributed by atoms with Crippen molar-refractivity contribution in [3.05, 3.63) is 41.6 Å². The molecule has 0 aliphatic rings. The normalized spacial score (nSPS) is 12.8. The van der Waals surface area contributed by atoms with Crippen molar-refractivity contribution in [2.75, 3.05) is 0 Å². The Labute approximate surface area is 92.2 Å². The van der Waals surface area contributed by atoms with Crippen LogP contribution in [-0.4, -0.2) is 8.42 Å². The fourth-order valence-corrected chi connectivity index (χ4v) is 2.06. The summed E-state index contributed by atoms with van der Waals surface area (Å²) in [4.78, 5) is 0. The van der Waals surface area contributed by atoms with Crippen LogP contribution in [0.2, 0.25) is 0 Å². The largest absolute Gasteiger partial charge is 0.228 e. The van der Waals surface area contributed by atoms with Crippen LogP contribution in [0.15, 0.2) is 24.3 Å². The molecule has 0 aliphatic heterocycles. The van der Waals surface area contributed by atoms with Crippen LogP contribution < -0.4 is 0 Å². The highest BCUT2D eigenvalue weighted by atomic mass is 32.2. The van der Waals surface area contributed by atoms with Crippen molar-refractivity contribution >= 4 is 9.84 Å². The van der Waals surface area contributed by atoms with Gasteiger partial charge in [-0.25, -0.2) is 8.42 Å². The number of sulfone groups is 1. The summed E-state index contributed by atoms with van der Waals surface area (Å²) < 4.78 is 21.9. The van der Waals surface area contributed by atoms with Crippen molar-refractivity contribution in [3.63, 3.8) is 0 Å². The van der Waals surface area contributed by atoms with Crippen molar-refractivity contribution < 1.29 is 8.42 Å². The Balaban J connectivity index is 2.91. The Morgan fingerprint density at radius 2 is 1.60 bits per heavy atom. The maximum absolute atomic E-state index is 11.0. The Morgan fingerprint density at radius 3 is 1.93 bits per heavy atom. The number of benzene rings is 1. The van der Waals surface area contributed by atoms with E-state index in [0.717, 1.165) is 5.56 Å². The molecular weight excluding hydrogens is 208 g/mol. The van der Waals surface area contributed by atoms with Crippen LogP contribution in [0.3, 0.4) is 0 Å². The minimum Gasteiger partial charge on any atom is -0.228 e. The third-order valence-electron chi connectivity index (χ3n) is 2.21. The summed E-state index contributed by atoms with van der Waals surface area (Å²) in [5, 5.41) is 0. The number of rotatable bonds is 2. The molecule has 0 spiro atoms. The highest BCUT2D eigenvalue weighted by molar-refractivity contribution is 7.91. The standard InChI is InChI=1S/C12H17O2S/c1-12(2,3)11-7-5-10(6-8-11)9-15(4,13)14/h5-8H,4,9H2,1-3H3. The lowest BCUT2D eigenvalue weighted by molar-refractivity contribution is 0.590. The number of hydrogen-bond donors (Lipinski definition) is 0. The molecule has 0 bridgehead atoms. The zero-order valence-corrected chi connectivity index (χ0v) is 10.3.